The van der Waals surface area contributed by atoms with Crippen molar-refractivity contribution in [3.8, 4) is 5.75 Å². The predicted molar refractivity (Wildman–Crippen MR) is 51.5 cm³/mol. The summed E-state index contributed by atoms with van der Waals surface area (Å²) in [7, 11) is 0. The normalized spacial score (nSPS) is 14.8. The van der Waals surface area contributed by atoms with Crippen LogP contribution >= 0.6 is 27.7 Å². The van der Waals surface area contributed by atoms with Crippen LogP contribution in [0.4, 0.5) is 0 Å². The molecule has 1 N–H and O–H groups in total. The molecule has 2 nitrogen and oxygen atoms in total. The lowest BCUT2D eigenvalue weighted by atomic mass is 10.3. The first-order valence-electron chi connectivity index (χ1n) is 3.75. The average molecular weight is 247 g/mol. The van der Waals surface area contributed by atoms with Crippen molar-refractivity contribution in [2.45, 2.75) is 18.5 Å². The Bertz CT molecular complexity index is 340. The van der Waals surface area contributed by atoms with Crippen molar-refractivity contribution in [1.29, 1.82) is 0 Å². The first kappa shape index (κ1) is 8.38. The molecule has 0 saturated heterocycles. The number of halogens is 1. The molecule has 0 atom stereocenters. The number of thioether (sulfide) groups is 1. The number of aromatic nitrogens is 1. The van der Waals surface area contributed by atoms with Gasteiger partial charge < -0.3 is 5.11 Å². The van der Waals surface area contributed by atoms with Gasteiger partial charge in [-0.05, 0) is 27.7 Å². The highest BCUT2D eigenvalue weighted by molar-refractivity contribution is 9.10. The van der Waals surface area contributed by atoms with Gasteiger partial charge in [-0.1, -0.05) is 0 Å². The number of nitrogens with zero attached hydrogens (tertiary/aromatic N) is 1. The van der Waals surface area contributed by atoms with Crippen LogP contribution in [-0.4, -0.2) is 10.9 Å². The minimum atomic E-state index is 0.378. The summed E-state index contributed by atoms with van der Waals surface area (Å²) in [6.07, 6.45) is 0. The van der Waals surface area contributed by atoms with Gasteiger partial charge in [-0.25, -0.2) is 0 Å². The van der Waals surface area contributed by atoms with E-state index in [2.05, 4.69) is 27.4 Å². The molecule has 1 aliphatic heterocycles. The zero-order valence-corrected chi connectivity index (χ0v) is 9.07. The Morgan fingerprint density at radius 3 is 3.17 bits per heavy atom. The fourth-order valence-corrected chi connectivity index (χ4v) is 3.13. The number of aryl methyl sites for hydroxylation is 1. The molecule has 0 aromatic carbocycles. The van der Waals surface area contributed by atoms with E-state index in [1.54, 1.807) is 11.8 Å². The summed E-state index contributed by atoms with van der Waals surface area (Å²) in [6, 6.07) is 1.95. The molecule has 64 valence electrons. The molecule has 0 radical (unpaired) electrons. The maximum absolute atomic E-state index is 9.65. The molecule has 0 unspecified atom stereocenters. The number of hydrogen-bond acceptors (Lipinski definition) is 2. The number of rotatable bonds is 0. The van der Waals surface area contributed by atoms with Crippen LogP contribution in [0.25, 0.3) is 0 Å². The molecule has 4 heteroatoms. The first-order chi connectivity index (χ1) is 5.70. The molecular formula is C8H9BrNOS+. The number of pyridine rings is 1. The Balaban J connectivity index is 2.69. The molecule has 2 rings (SSSR count). The Labute approximate surface area is 83.7 Å². The van der Waals surface area contributed by atoms with Crippen LogP contribution in [0.2, 0.25) is 0 Å². The van der Waals surface area contributed by atoms with Crippen LogP contribution < -0.4 is 4.57 Å². The van der Waals surface area contributed by atoms with E-state index in [9.17, 15) is 5.11 Å². The summed E-state index contributed by atoms with van der Waals surface area (Å²) in [5.41, 5.74) is 1.19. The van der Waals surface area contributed by atoms with Gasteiger partial charge in [0.2, 0.25) is 5.75 Å². The van der Waals surface area contributed by atoms with Gasteiger partial charge in [0.1, 0.15) is 0 Å². The van der Waals surface area contributed by atoms with Gasteiger partial charge in [-0.15, -0.1) is 0 Å². The number of aromatic hydroxyl groups is 1. The third kappa shape index (κ3) is 1.13. The molecule has 1 aliphatic rings. The quantitative estimate of drug-likeness (QED) is 0.707. The van der Waals surface area contributed by atoms with Crippen LogP contribution in [0, 0.1) is 6.92 Å². The van der Waals surface area contributed by atoms with Crippen LogP contribution in [0.15, 0.2) is 15.6 Å². The zero-order chi connectivity index (χ0) is 8.72. The van der Waals surface area contributed by atoms with E-state index >= 15 is 0 Å². The Kier molecular flexibility index (Phi) is 2.04. The van der Waals surface area contributed by atoms with Crippen molar-refractivity contribution in [3.05, 3.63) is 16.2 Å². The van der Waals surface area contributed by atoms with E-state index in [1.165, 1.54) is 5.69 Å². The van der Waals surface area contributed by atoms with Gasteiger partial charge in [-0.3, -0.25) is 0 Å². The summed E-state index contributed by atoms with van der Waals surface area (Å²) >= 11 is 5.03. The van der Waals surface area contributed by atoms with Gasteiger partial charge in [0, 0.05) is 13.0 Å². The molecule has 0 saturated carbocycles. The van der Waals surface area contributed by atoms with Crippen molar-refractivity contribution in [3.63, 3.8) is 0 Å². The highest BCUT2D eigenvalue weighted by Gasteiger charge is 2.27. The van der Waals surface area contributed by atoms with E-state index in [-0.39, 0.29) is 0 Å². The molecule has 0 aliphatic carbocycles. The maximum Gasteiger partial charge on any atom is 0.284 e. The zero-order valence-electron chi connectivity index (χ0n) is 6.67. The molecular weight excluding hydrogens is 238 g/mol. The largest absolute Gasteiger partial charge is 0.501 e. The van der Waals surface area contributed by atoms with Crippen molar-refractivity contribution in [1.82, 2.24) is 0 Å². The summed E-state index contributed by atoms with van der Waals surface area (Å²) in [6.45, 7) is 3.06. The summed E-state index contributed by atoms with van der Waals surface area (Å²) in [5.74, 6) is 1.44. The van der Waals surface area contributed by atoms with E-state index in [4.69, 9.17) is 0 Å². The second-order valence-corrected chi connectivity index (χ2v) is 4.73. The smallest absolute Gasteiger partial charge is 0.284 e. The van der Waals surface area contributed by atoms with Crippen molar-refractivity contribution < 1.29 is 9.67 Å². The third-order valence-corrected chi connectivity index (χ3v) is 3.67. The maximum atomic E-state index is 9.65. The minimum absolute atomic E-state index is 0.378. The Hall–Kier alpha value is -0.220. The van der Waals surface area contributed by atoms with E-state index in [1.807, 2.05) is 6.07 Å². The molecule has 1 aromatic rings. The number of fused-ring (bicyclic) bond motifs is 1. The first-order valence-corrected chi connectivity index (χ1v) is 5.52. The predicted octanol–water partition coefficient (Wildman–Crippen LogP) is 1.86. The second-order valence-electron chi connectivity index (χ2n) is 2.79. The highest BCUT2D eigenvalue weighted by Crippen LogP contribution is 2.35. The lowest BCUT2D eigenvalue weighted by Gasteiger charge is -2.00. The van der Waals surface area contributed by atoms with E-state index in [0.717, 1.165) is 21.8 Å². The van der Waals surface area contributed by atoms with E-state index in [0.29, 0.717) is 5.75 Å². The Morgan fingerprint density at radius 2 is 2.42 bits per heavy atom. The molecule has 12 heavy (non-hydrogen) atoms. The van der Waals surface area contributed by atoms with Gasteiger partial charge >= 0.3 is 0 Å². The summed E-state index contributed by atoms with van der Waals surface area (Å²) in [4.78, 5) is 0. The lowest BCUT2D eigenvalue weighted by molar-refractivity contribution is -0.729. The molecule has 1 aromatic heterocycles. The van der Waals surface area contributed by atoms with Crippen LogP contribution in [0.1, 0.15) is 5.69 Å². The minimum Gasteiger partial charge on any atom is -0.501 e. The Morgan fingerprint density at radius 1 is 1.67 bits per heavy atom. The lowest BCUT2D eigenvalue weighted by Crippen LogP contribution is -2.36. The summed E-state index contributed by atoms with van der Waals surface area (Å²) < 4.78 is 2.94. The van der Waals surface area contributed by atoms with Gasteiger partial charge in [-0.2, -0.15) is 4.57 Å². The number of hydrogen-bond donors (Lipinski definition) is 1. The van der Waals surface area contributed by atoms with Crippen LogP contribution in [-0.2, 0) is 6.54 Å². The fraction of sp³-hybridized carbons (Fsp3) is 0.375. The fourth-order valence-electron chi connectivity index (χ4n) is 1.38. The van der Waals surface area contributed by atoms with E-state index < -0.39 is 0 Å². The van der Waals surface area contributed by atoms with Crippen molar-refractivity contribution in [2.24, 2.45) is 0 Å². The van der Waals surface area contributed by atoms with Gasteiger partial charge in [0.05, 0.1) is 10.2 Å². The van der Waals surface area contributed by atoms with Gasteiger partial charge in [0.25, 0.3) is 5.03 Å². The van der Waals surface area contributed by atoms with Crippen molar-refractivity contribution >= 4 is 27.7 Å². The molecule has 2 heterocycles. The van der Waals surface area contributed by atoms with Gasteiger partial charge in [0.15, 0.2) is 12.2 Å². The molecule has 0 spiro atoms. The van der Waals surface area contributed by atoms with Crippen LogP contribution in [0.3, 0.4) is 0 Å². The monoisotopic (exact) mass is 246 g/mol. The topological polar surface area (TPSA) is 24.1 Å². The molecule has 0 amide bonds. The standard InChI is InChI=1S/C8H8BrNOS/c1-5-4-6(9)7(11)8-10(5)2-3-12-8/h4H,2-3H2,1H3/p+1. The highest BCUT2D eigenvalue weighted by atomic mass is 79.9. The third-order valence-electron chi connectivity index (χ3n) is 1.99. The average Bonchev–Trinajstić information content (AvgIpc) is 2.48. The SMILES string of the molecule is Cc1cc(Br)c(O)c2[n+]1CCS2. The molecule has 0 bridgehead atoms. The second kappa shape index (κ2) is 2.92. The summed E-state index contributed by atoms with van der Waals surface area (Å²) in [5, 5.41) is 10.6. The van der Waals surface area contributed by atoms with Crippen LogP contribution in [0.5, 0.6) is 5.75 Å². The molecule has 0 fully saturated rings. The van der Waals surface area contributed by atoms with Crippen molar-refractivity contribution in [2.75, 3.05) is 5.75 Å².